The molecule has 1 aromatic carbocycles. The molecule has 2 rings (SSSR count). The molecule has 0 N–H and O–H groups in total. The Balaban J connectivity index is 2.61. The summed E-state index contributed by atoms with van der Waals surface area (Å²) in [6, 6.07) is 8.66. The van der Waals surface area contributed by atoms with Gasteiger partial charge in [0.25, 0.3) is 0 Å². The second-order valence-electron chi connectivity index (χ2n) is 3.72. The average molecular weight is 249 g/mol. The van der Waals surface area contributed by atoms with Gasteiger partial charge in [-0.3, -0.25) is 4.98 Å². The van der Waals surface area contributed by atoms with Gasteiger partial charge >= 0.3 is 6.18 Å². The fraction of sp³-hybridized carbons (Fsp3) is 0.0714. The van der Waals surface area contributed by atoms with Gasteiger partial charge in [0, 0.05) is 11.8 Å². The van der Waals surface area contributed by atoms with Crippen LogP contribution in [0.15, 0.2) is 49.2 Å². The molecular weight excluding hydrogens is 239 g/mol. The first-order valence-electron chi connectivity index (χ1n) is 5.27. The lowest BCUT2D eigenvalue weighted by Crippen LogP contribution is -2.05. The molecule has 18 heavy (non-hydrogen) atoms. The summed E-state index contributed by atoms with van der Waals surface area (Å²) in [6.45, 7) is 3.60. The van der Waals surface area contributed by atoms with Gasteiger partial charge in [0.2, 0.25) is 0 Å². The minimum absolute atomic E-state index is 0.431. The largest absolute Gasteiger partial charge is 0.416 e. The normalized spacial score (nSPS) is 11.3. The van der Waals surface area contributed by atoms with Gasteiger partial charge in [-0.1, -0.05) is 24.8 Å². The number of pyridine rings is 1. The first kappa shape index (κ1) is 12.4. The van der Waals surface area contributed by atoms with Crippen molar-refractivity contribution in [3.05, 3.63) is 60.3 Å². The molecule has 0 unspecified atom stereocenters. The minimum atomic E-state index is -4.36. The molecule has 0 aliphatic carbocycles. The van der Waals surface area contributed by atoms with Crippen molar-refractivity contribution in [2.24, 2.45) is 0 Å². The Bertz CT molecular complexity index is 559. The Morgan fingerprint density at radius 1 is 1.11 bits per heavy atom. The van der Waals surface area contributed by atoms with Crippen molar-refractivity contribution >= 4 is 6.08 Å². The number of hydrogen-bond acceptors (Lipinski definition) is 1. The van der Waals surface area contributed by atoms with E-state index in [-0.39, 0.29) is 0 Å². The third kappa shape index (κ3) is 2.42. The molecule has 2 aromatic rings. The van der Waals surface area contributed by atoms with Crippen molar-refractivity contribution in [2.45, 2.75) is 6.18 Å². The predicted octanol–water partition coefficient (Wildman–Crippen LogP) is 4.41. The van der Waals surface area contributed by atoms with Crippen LogP contribution in [0.5, 0.6) is 0 Å². The Morgan fingerprint density at radius 3 is 2.44 bits per heavy atom. The number of rotatable bonds is 2. The Morgan fingerprint density at radius 2 is 1.89 bits per heavy atom. The van der Waals surface area contributed by atoms with Gasteiger partial charge < -0.3 is 0 Å². The van der Waals surface area contributed by atoms with E-state index in [1.165, 1.54) is 12.1 Å². The summed E-state index contributed by atoms with van der Waals surface area (Å²) in [5.74, 6) is 0. The van der Waals surface area contributed by atoms with E-state index < -0.39 is 11.7 Å². The fourth-order valence-electron chi connectivity index (χ4n) is 1.65. The lowest BCUT2D eigenvalue weighted by molar-refractivity contribution is -0.137. The summed E-state index contributed by atoms with van der Waals surface area (Å²) in [4.78, 5) is 4.07. The number of alkyl halides is 3. The van der Waals surface area contributed by atoms with Crippen LogP contribution in [0.25, 0.3) is 17.3 Å². The molecular formula is C14H10F3N. The van der Waals surface area contributed by atoms with Crippen molar-refractivity contribution < 1.29 is 13.2 Å². The molecule has 0 aliphatic rings. The van der Waals surface area contributed by atoms with E-state index >= 15 is 0 Å². The number of aromatic nitrogens is 1. The summed E-state index contributed by atoms with van der Waals surface area (Å²) >= 11 is 0. The number of benzene rings is 1. The summed E-state index contributed by atoms with van der Waals surface area (Å²) < 4.78 is 38.0. The van der Waals surface area contributed by atoms with Crippen LogP contribution in [0.3, 0.4) is 0 Å². The molecule has 1 nitrogen and oxygen atoms in total. The molecule has 0 spiro atoms. The monoisotopic (exact) mass is 249 g/mol. The van der Waals surface area contributed by atoms with Gasteiger partial charge in [0.05, 0.1) is 11.3 Å². The van der Waals surface area contributed by atoms with Gasteiger partial charge in [0.1, 0.15) is 0 Å². The highest BCUT2D eigenvalue weighted by Gasteiger charge is 2.31. The van der Waals surface area contributed by atoms with E-state index in [9.17, 15) is 13.2 Å². The summed E-state index contributed by atoms with van der Waals surface area (Å²) in [5.41, 5.74) is 0.870. The van der Waals surface area contributed by atoms with Crippen LogP contribution in [0.1, 0.15) is 11.1 Å². The average Bonchev–Trinajstić information content (AvgIpc) is 2.38. The lowest BCUT2D eigenvalue weighted by atomic mass is 10.0. The highest BCUT2D eigenvalue weighted by Crippen LogP contribution is 2.33. The van der Waals surface area contributed by atoms with Crippen LogP contribution in [0.4, 0.5) is 13.2 Å². The van der Waals surface area contributed by atoms with Gasteiger partial charge in [-0.05, 0) is 29.8 Å². The standard InChI is InChI=1S/C14H10F3N/c1-2-10-6-7-11(14(15,16)17)9-12(10)13-5-3-4-8-18-13/h2-9H,1H2. The van der Waals surface area contributed by atoms with Crippen molar-refractivity contribution in [2.75, 3.05) is 0 Å². The molecule has 1 heterocycles. The third-order valence-corrected chi connectivity index (χ3v) is 2.54. The molecule has 92 valence electrons. The number of halogens is 3. The van der Waals surface area contributed by atoms with E-state index in [1.807, 2.05) is 0 Å². The molecule has 0 fully saturated rings. The summed E-state index contributed by atoms with van der Waals surface area (Å²) in [7, 11) is 0. The molecule has 0 atom stereocenters. The van der Waals surface area contributed by atoms with Crippen LogP contribution in [0.2, 0.25) is 0 Å². The predicted molar refractivity (Wildman–Crippen MR) is 64.8 cm³/mol. The van der Waals surface area contributed by atoms with E-state index in [2.05, 4.69) is 11.6 Å². The Labute approximate surface area is 103 Å². The van der Waals surface area contributed by atoms with Crippen molar-refractivity contribution in [1.82, 2.24) is 4.98 Å². The molecule has 0 amide bonds. The van der Waals surface area contributed by atoms with Crippen LogP contribution in [0, 0.1) is 0 Å². The van der Waals surface area contributed by atoms with Gasteiger partial charge in [-0.25, -0.2) is 0 Å². The Hall–Kier alpha value is -2.10. The third-order valence-electron chi connectivity index (χ3n) is 2.54. The highest BCUT2D eigenvalue weighted by molar-refractivity contribution is 5.73. The molecule has 0 saturated heterocycles. The first-order valence-corrected chi connectivity index (χ1v) is 5.27. The van der Waals surface area contributed by atoms with Crippen LogP contribution in [-0.4, -0.2) is 4.98 Å². The maximum atomic E-state index is 12.7. The van der Waals surface area contributed by atoms with Gasteiger partial charge in [-0.2, -0.15) is 13.2 Å². The molecule has 0 saturated carbocycles. The zero-order valence-electron chi connectivity index (χ0n) is 9.41. The highest BCUT2D eigenvalue weighted by atomic mass is 19.4. The zero-order valence-corrected chi connectivity index (χ0v) is 9.41. The van der Waals surface area contributed by atoms with Crippen LogP contribution < -0.4 is 0 Å². The molecule has 0 aliphatic heterocycles. The Kier molecular flexibility index (Phi) is 3.19. The zero-order chi connectivity index (χ0) is 13.2. The first-order chi connectivity index (χ1) is 8.52. The maximum absolute atomic E-state index is 12.7. The molecule has 0 radical (unpaired) electrons. The number of nitrogens with zero attached hydrogens (tertiary/aromatic N) is 1. The summed E-state index contributed by atoms with van der Waals surface area (Å²) in [6.07, 6.45) is -1.30. The lowest BCUT2D eigenvalue weighted by Gasteiger charge is -2.11. The second kappa shape index (κ2) is 4.64. The van der Waals surface area contributed by atoms with E-state index in [0.717, 1.165) is 12.1 Å². The minimum Gasteiger partial charge on any atom is -0.256 e. The molecule has 0 bridgehead atoms. The van der Waals surface area contributed by atoms with Gasteiger partial charge in [-0.15, -0.1) is 0 Å². The van der Waals surface area contributed by atoms with E-state index in [1.54, 1.807) is 24.4 Å². The number of hydrogen-bond donors (Lipinski definition) is 0. The maximum Gasteiger partial charge on any atom is 0.416 e. The molecule has 1 aromatic heterocycles. The van der Waals surface area contributed by atoms with Gasteiger partial charge in [0.15, 0.2) is 0 Å². The van der Waals surface area contributed by atoms with Crippen LogP contribution in [-0.2, 0) is 6.18 Å². The SMILES string of the molecule is C=Cc1ccc(C(F)(F)F)cc1-c1ccccn1. The second-order valence-corrected chi connectivity index (χ2v) is 3.72. The topological polar surface area (TPSA) is 12.9 Å². The smallest absolute Gasteiger partial charge is 0.256 e. The van der Waals surface area contributed by atoms with Crippen molar-refractivity contribution in [3.63, 3.8) is 0 Å². The quantitative estimate of drug-likeness (QED) is 0.768. The van der Waals surface area contributed by atoms with Crippen molar-refractivity contribution in [1.29, 1.82) is 0 Å². The van der Waals surface area contributed by atoms with Crippen LogP contribution >= 0.6 is 0 Å². The molecule has 4 heteroatoms. The van der Waals surface area contributed by atoms with Crippen molar-refractivity contribution in [3.8, 4) is 11.3 Å². The van der Waals surface area contributed by atoms with E-state index in [0.29, 0.717) is 16.8 Å². The summed E-state index contributed by atoms with van der Waals surface area (Å²) in [5, 5.41) is 0. The fourth-order valence-corrected chi connectivity index (χ4v) is 1.65. The van der Waals surface area contributed by atoms with E-state index in [4.69, 9.17) is 0 Å².